The number of benzene rings is 3. The lowest BCUT2D eigenvalue weighted by atomic mass is 9.91. The highest BCUT2D eigenvalue weighted by Gasteiger charge is 2.18. The predicted molar refractivity (Wildman–Crippen MR) is 142 cm³/mol. The van der Waals surface area contributed by atoms with Gasteiger partial charge in [0.15, 0.2) is 0 Å². The summed E-state index contributed by atoms with van der Waals surface area (Å²) in [5.41, 5.74) is 4.17. The Bertz CT molecular complexity index is 1630. The molecule has 0 saturated carbocycles. The lowest BCUT2D eigenvalue weighted by Gasteiger charge is -2.13. The Morgan fingerprint density at radius 3 is 2.34 bits per heavy atom. The molecule has 0 nitrogen and oxygen atoms in total. The SMILES string of the molecule is CCCCc1ccc(-c2cccc3c2=c2c=3c3sc(CCCC)cc3c3sccc23)cc1. The predicted octanol–water partition coefficient (Wildman–Crippen LogP) is 9.36. The summed E-state index contributed by atoms with van der Waals surface area (Å²) in [7, 11) is 0. The molecule has 0 bridgehead atoms. The van der Waals surface area contributed by atoms with Gasteiger partial charge in [0.05, 0.1) is 0 Å². The van der Waals surface area contributed by atoms with Crippen LogP contribution < -0.4 is 0 Å². The molecule has 0 fully saturated rings. The maximum Gasteiger partial charge on any atom is 0.0445 e. The molecule has 2 heteroatoms. The third kappa shape index (κ3) is 3.08. The van der Waals surface area contributed by atoms with Gasteiger partial charge < -0.3 is 0 Å². The fraction of sp³-hybridized carbons (Fsp3) is 0.267. The van der Waals surface area contributed by atoms with Gasteiger partial charge >= 0.3 is 0 Å². The molecule has 0 saturated heterocycles. The first kappa shape index (κ1) is 20.2. The van der Waals surface area contributed by atoms with Crippen molar-refractivity contribution in [3.8, 4) is 11.1 Å². The number of fused-ring (bicyclic) bond motifs is 7. The van der Waals surface area contributed by atoms with E-state index in [0.29, 0.717) is 0 Å². The van der Waals surface area contributed by atoms with Gasteiger partial charge in [-0.1, -0.05) is 69.2 Å². The first-order chi connectivity index (χ1) is 15.8. The minimum atomic E-state index is 1.18. The van der Waals surface area contributed by atoms with E-state index in [-0.39, 0.29) is 0 Å². The number of hydrogen-bond donors (Lipinski definition) is 0. The summed E-state index contributed by atoms with van der Waals surface area (Å²) >= 11 is 3.93. The zero-order chi connectivity index (χ0) is 21.7. The fourth-order valence-electron chi connectivity index (χ4n) is 5.19. The van der Waals surface area contributed by atoms with E-state index in [1.807, 2.05) is 22.7 Å². The molecule has 5 aromatic rings. The summed E-state index contributed by atoms with van der Waals surface area (Å²) < 4.78 is 2.97. The van der Waals surface area contributed by atoms with Crippen molar-refractivity contribution in [1.29, 1.82) is 0 Å². The first-order valence-corrected chi connectivity index (χ1v) is 13.7. The van der Waals surface area contributed by atoms with Crippen LogP contribution in [0, 0.1) is 20.9 Å². The summed E-state index contributed by atoms with van der Waals surface area (Å²) in [5, 5.41) is 11.1. The van der Waals surface area contributed by atoms with Crippen molar-refractivity contribution in [1.82, 2.24) is 0 Å². The van der Waals surface area contributed by atoms with E-state index >= 15 is 0 Å². The summed E-state index contributed by atoms with van der Waals surface area (Å²) in [6, 6.07) is 21.0. The minimum absolute atomic E-state index is 1.18. The van der Waals surface area contributed by atoms with Crippen molar-refractivity contribution in [2.24, 2.45) is 0 Å². The maximum atomic E-state index is 2.48. The van der Waals surface area contributed by atoms with E-state index in [9.17, 15) is 0 Å². The van der Waals surface area contributed by atoms with Crippen LogP contribution in [0.2, 0.25) is 0 Å². The van der Waals surface area contributed by atoms with Crippen LogP contribution in [0.5, 0.6) is 0 Å². The summed E-state index contributed by atoms with van der Waals surface area (Å²) in [6.45, 7) is 4.55. The Hall–Kier alpha value is -2.42. The fourth-order valence-corrected chi connectivity index (χ4v) is 7.45. The first-order valence-electron chi connectivity index (χ1n) is 12.0. The molecule has 2 aromatic heterocycles. The molecule has 0 unspecified atom stereocenters. The number of rotatable bonds is 7. The molecule has 0 spiro atoms. The van der Waals surface area contributed by atoms with Gasteiger partial charge in [0.2, 0.25) is 0 Å². The highest BCUT2D eigenvalue weighted by molar-refractivity contribution is 7.22. The monoisotopic (exact) mass is 452 g/mol. The van der Waals surface area contributed by atoms with Crippen molar-refractivity contribution in [2.45, 2.75) is 52.4 Å². The van der Waals surface area contributed by atoms with E-state index in [2.05, 4.69) is 73.8 Å². The Morgan fingerprint density at radius 1 is 0.719 bits per heavy atom. The average molecular weight is 453 g/mol. The molecule has 6 rings (SSSR count). The summed E-state index contributed by atoms with van der Waals surface area (Å²) in [6.07, 6.45) is 7.43. The van der Waals surface area contributed by atoms with Crippen LogP contribution in [0.15, 0.2) is 60.0 Å². The normalized spacial score (nSPS) is 12.2. The second kappa shape index (κ2) is 8.17. The second-order valence-corrected chi connectivity index (χ2v) is 11.1. The molecule has 2 heterocycles. The van der Waals surface area contributed by atoms with Gasteiger partial charge in [-0.3, -0.25) is 0 Å². The van der Waals surface area contributed by atoms with Gasteiger partial charge in [0.1, 0.15) is 0 Å². The van der Waals surface area contributed by atoms with Gasteiger partial charge in [-0.15, -0.1) is 22.7 Å². The highest BCUT2D eigenvalue weighted by atomic mass is 32.1. The van der Waals surface area contributed by atoms with Crippen molar-refractivity contribution < 1.29 is 0 Å². The van der Waals surface area contributed by atoms with Crippen LogP contribution in [0.1, 0.15) is 50.0 Å². The Kier molecular flexibility index (Phi) is 5.16. The molecule has 0 aliphatic heterocycles. The number of thiophene rings is 2. The van der Waals surface area contributed by atoms with Crippen LogP contribution in [0.25, 0.3) is 31.3 Å². The van der Waals surface area contributed by atoms with Crippen LogP contribution in [-0.4, -0.2) is 0 Å². The Morgan fingerprint density at radius 2 is 1.53 bits per heavy atom. The zero-order valence-corrected chi connectivity index (χ0v) is 20.5. The average Bonchev–Trinajstić information content (AvgIpc) is 3.45. The van der Waals surface area contributed by atoms with Gasteiger partial charge in [-0.25, -0.2) is 0 Å². The molecule has 0 amide bonds. The summed E-state index contributed by atoms with van der Waals surface area (Å²) in [4.78, 5) is 1.54. The molecular formula is C30H28S2. The van der Waals surface area contributed by atoms with Crippen molar-refractivity contribution >= 4 is 42.8 Å². The van der Waals surface area contributed by atoms with Crippen LogP contribution in [0.3, 0.4) is 0 Å². The third-order valence-corrected chi connectivity index (χ3v) is 9.04. The van der Waals surface area contributed by atoms with Crippen molar-refractivity contribution in [3.63, 3.8) is 0 Å². The second-order valence-electron chi connectivity index (χ2n) is 9.00. The largest absolute Gasteiger partial charge is 0.143 e. The smallest absolute Gasteiger partial charge is 0.0445 e. The van der Waals surface area contributed by atoms with E-state index in [4.69, 9.17) is 0 Å². The van der Waals surface area contributed by atoms with E-state index in [1.54, 1.807) is 0 Å². The summed E-state index contributed by atoms with van der Waals surface area (Å²) in [5.74, 6) is 0. The lowest BCUT2D eigenvalue weighted by Crippen LogP contribution is -1.96. The lowest BCUT2D eigenvalue weighted by molar-refractivity contribution is 0.795. The topological polar surface area (TPSA) is 0 Å². The van der Waals surface area contributed by atoms with Crippen LogP contribution in [0.4, 0.5) is 0 Å². The molecule has 0 N–H and O–H groups in total. The molecule has 1 aliphatic carbocycles. The standard InChI is InChI=1S/C30H28S2/c1-3-5-8-19-12-14-20(15-13-19)22-10-7-11-23-26(22)27-24-16-17-31-29(24)25-18-21(9-6-4-2)32-30(25)28(23)27/h7,10-18H,3-6,8-9H2,1-2H3. The van der Waals surface area contributed by atoms with Crippen molar-refractivity contribution in [2.75, 3.05) is 0 Å². The van der Waals surface area contributed by atoms with Gasteiger partial charge in [0.25, 0.3) is 0 Å². The molecule has 160 valence electrons. The minimum Gasteiger partial charge on any atom is -0.143 e. The Balaban J connectivity index is 1.60. The van der Waals surface area contributed by atoms with E-state index in [1.165, 1.54) is 101 Å². The number of unbranched alkanes of at least 4 members (excludes halogenated alkanes) is 2. The molecule has 0 radical (unpaired) electrons. The van der Waals surface area contributed by atoms with Crippen LogP contribution in [-0.2, 0) is 12.8 Å². The molecule has 1 aliphatic rings. The number of hydrogen-bond acceptors (Lipinski definition) is 2. The Labute approximate surface area is 197 Å². The van der Waals surface area contributed by atoms with Crippen LogP contribution >= 0.6 is 22.7 Å². The van der Waals surface area contributed by atoms with Gasteiger partial charge in [-0.05, 0) is 70.3 Å². The third-order valence-electron chi connectivity index (χ3n) is 6.88. The molecule has 3 aromatic carbocycles. The maximum absolute atomic E-state index is 2.48. The van der Waals surface area contributed by atoms with Gasteiger partial charge in [0, 0.05) is 35.5 Å². The van der Waals surface area contributed by atoms with Crippen molar-refractivity contribution in [3.05, 3.63) is 91.3 Å². The zero-order valence-electron chi connectivity index (χ0n) is 18.8. The highest BCUT2D eigenvalue weighted by Crippen LogP contribution is 2.41. The van der Waals surface area contributed by atoms with Gasteiger partial charge in [-0.2, -0.15) is 0 Å². The molecule has 32 heavy (non-hydrogen) atoms. The quantitative estimate of drug-likeness (QED) is 0.226. The van der Waals surface area contributed by atoms with E-state index < -0.39 is 0 Å². The molecular weight excluding hydrogens is 424 g/mol. The van der Waals surface area contributed by atoms with E-state index in [0.717, 1.165) is 0 Å². The molecule has 0 atom stereocenters. The number of aryl methyl sites for hydroxylation is 2.